The summed E-state index contributed by atoms with van der Waals surface area (Å²) < 4.78 is 9.50. The van der Waals surface area contributed by atoms with Crippen LogP contribution in [0.25, 0.3) is 0 Å². The Balaban J connectivity index is 2.11. The van der Waals surface area contributed by atoms with E-state index in [0.717, 1.165) is 0 Å². The lowest BCUT2D eigenvalue weighted by molar-refractivity contribution is -0.162. The molecule has 0 N–H and O–H groups in total. The lowest BCUT2D eigenvalue weighted by Gasteiger charge is -2.25. The minimum absolute atomic E-state index is 0.128. The molecule has 2 rings (SSSR count). The van der Waals surface area contributed by atoms with E-state index in [1.54, 1.807) is 24.3 Å². The van der Waals surface area contributed by atoms with Crippen molar-refractivity contribution in [2.75, 3.05) is 20.8 Å². The zero-order valence-corrected chi connectivity index (χ0v) is 13.0. The highest BCUT2D eigenvalue weighted by molar-refractivity contribution is 5.78. The Bertz CT molecular complexity index is 608. The molecule has 1 heterocycles. The fraction of sp³-hybridized carbons (Fsp3) is 0.438. The van der Waals surface area contributed by atoms with E-state index in [2.05, 4.69) is 4.74 Å². The van der Waals surface area contributed by atoms with Crippen LogP contribution in [0, 0.1) is 17.2 Å². The van der Waals surface area contributed by atoms with Crippen LogP contribution in [0.4, 0.5) is 0 Å². The molecule has 23 heavy (non-hydrogen) atoms. The van der Waals surface area contributed by atoms with Crippen LogP contribution >= 0.6 is 0 Å². The maximum absolute atomic E-state index is 12.1. The molecule has 1 aromatic rings. The molecule has 0 bridgehead atoms. The number of esters is 2. The van der Waals surface area contributed by atoms with E-state index in [9.17, 15) is 9.59 Å². The summed E-state index contributed by atoms with van der Waals surface area (Å²) in [6.45, 7) is 0.488. The number of carbonyl (C=O) groups is 2. The molecule has 0 aliphatic carbocycles. The lowest BCUT2D eigenvalue weighted by atomic mass is 9.97. The molecular formula is C16H18N2O5. The molecule has 2 unspecified atom stereocenters. The van der Waals surface area contributed by atoms with Gasteiger partial charge < -0.3 is 14.3 Å². The van der Waals surface area contributed by atoms with Crippen molar-refractivity contribution in [2.45, 2.75) is 18.9 Å². The van der Waals surface area contributed by atoms with Crippen molar-refractivity contribution >= 4 is 11.9 Å². The SMILES string of the molecule is COC(=O)CC1CCN(Oc2ccc(C#N)cc2)C1C(=O)OC. The quantitative estimate of drug-likeness (QED) is 0.755. The van der Waals surface area contributed by atoms with Crippen LogP contribution in [0.3, 0.4) is 0 Å². The van der Waals surface area contributed by atoms with Gasteiger partial charge in [0.2, 0.25) is 0 Å². The predicted octanol–water partition coefficient (Wildman–Crippen LogP) is 1.28. The highest BCUT2D eigenvalue weighted by Crippen LogP contribution is 2.30. The van der Waals surface area contributed by atoms with Gasteiger partial charge in [0, 0.05) is 12.5 Å². The van der Waals surface area contributed by atoms with E-state index in [1.807, 2.05) is 6.07 Å². The molecule has 1 aromatic carbocycles. The second kappa shape index (κ2) is 7.61. The summed E-state index contributed by atoms with van der Waals surface area (Å²) in [4.78, 5) is 29.3. The van der Waals surface area contributed by atoms with Crippen molar-refractivity contribution < 1.29 is 23.9 Å². The summed E-state index contributed by atoms with van der Waals surface area (Å²) >= 11 is 0. The topological polar surface area (TPSA) is 88.9 Å². The van der Waals surface area contributed by atoms with E-state index >= 15 is 0 Å². The number of nitriles is 1. The number of methoxy groups -OCH3 is 2. The van der Waals surface area contributed by atoms with Gasteiger partial charge in [-0.25, -0.2) is 0 Å². The average molecular weight is 318 g/mol. The molecule has 0 aromatic heterocycles. The third kappa shape index (κ3) is 3.99. The fourth-order valence-corrected chi connectivity index (χ4v) is 2.60. The summed E-state index contributed by atoms with van der Waals surface area (Å²) in [5, 5.41) is 10.3. The number of hydroxylamine groups is 2. The van der Waals surface area contributed by atoms with Crippen LogP contribution in [0.2, 0.25) is 0 Å². The Morgan fingerprint density at radius 2 is 1.96 bits per heavy atom. The van der Waals surface area contributed by atoms with Gasteiger partial charge in [-0.05, 0) is 30.7 Å². The first kappa shape index (κ1) is 16.8. The third-order valence-corrected chi connectivity index (χ3v) is 3.78. The second-order valence-electron chi connectivity index (χ2n) is 5.17. The Kier molecular flexibility index (Phi) is 5.55. The first-order valence-electron chi connectivity index (χ1n) is 7.18. The summed E-state index contributed by atoms with van der Waals surface area (Å²) in [5.41, 5.74) is 0.520. The minimum atomic E-state index is -0.672. The Morgan fingerprint density at radius 3 is 2.52 bits per heavy atom. The van der Waals surface area contributed by atoms with Gasteiger partial charge in [0.1, 0.15) is 11.8 Å². The molecule has 1 aliphatic heterocycles. The Morgan fingerprint density at radius 1 is 1.26 bits per heavy atom. The van der Waals surface area contributed by atoms with Gasteiger partial charge in [0.05, 0.1) is 32.3 Å². The van der Waals surface area contributed by atoms with Crippen molar-refractivity contribution in [1.82, 2.24) is 5.06 Å². The van der Waals surface area contributed by atoms with Crippen LogP contribution in [-0.2, 0) is 19.1 Å². The number of hydrogen-bond acceptors (Lipinski definition) is 7. The molecule has 0 amide bonds. The number of rotatable bonds is 5. The van der Waals surface area contributed by atoms with Crippen LogP contribution in [0.1, 0.15) is 18.4 Å². The smallest absolute Gasteiger partial charge is 0.326 e. The average Bonchev–Trinajstić information content (AvgIpc) is 2.96. The number of hydrogen-bond donors (Lipinski definition) is 0. The van der Waals surface area contributed by atoms with Gasteiger partial charge >= 0.3 is 11.9 Å². The Labute approximate surface area is 134 Å². The molecule has 7 nitrogen and oxygen atoms in total. The van der Waals surface area contributed by atoms with Crippen LogP contribution in [0.5, 0.6) is 5.75 Å². The molecule has 122 valence electrons. The molecule has 1 fully saturated rings. The molecule has 1 aliphatic rings. The first-order valence-corrected chi connectivity index (χ1v) is 7.18. The fourth-order valence-electron chi connectivity index (χ4n) is 2.60. The van der Waals surface area contributed by atoms with Crippen LogP contribution in [0.15, 0.2) is 24.3 Å². The van der Waals surface area contributed by atoms with Gasteiger partial charge in [0.25, 0.3) is 0 Å². The van der Waals surface area contributed by atoms with E-state index in [-0.39, 0.29) is 18.3 Å². The minimum Gasteiger partial charge on any atom is -0.469 e. The van der Waals surface area contributed by atoms with Crippen molar-refractivity contribution in [3.63, 3.8) is 0 Å². The van der Waals surface area contributed by atoms with Crippen LogP contribution < -0.4 is 4.84 Å². The normalized spacial score (nSPS) is 20.6. The lowest BCUT2D eigenvalue weighted by Crippen LogP contribution is -2.43. The summed E-state index contributed by atoms with van der Waals surface area (Å²) in [6.07, 6.45) is 0.745. The predicted molar refractivity (Wildman–Crippen MR) is 79.0 cm³/mol. The monoisotopic (exact) mass is 318 g/mol. The standard InChI is InChI=1S/C16H18N2O5/c1-21-14(19)9-12-7-8-18(15(12)16(20)22-2)23-13-5-3-11(10-17)4-6-13/h3-6,12,15H,7-9H2,1-2H3. The zero-order valence-electron chi connectivity index (χ0n) is 13.0. The summed E-state index contributed by atoms with van der Waals surface area (Å²) in [6, 6.07) is 7.92. The van der Waals surface area contributed by atoms with Gasteiger partial charge in [-0.15, -0.1) is 5.06 Å². The molecule has 0 radical (unpaired) electrons. The zero-order chi connectivity index (χ0) is 16.8. The second-order valence-corrected chi connectivity index (χ2v) is 5.17. The van der Waals surface area contributed by atoms with Crippen molar-refractivity contribution in [1.29, 1.82) is 5.26 Å². The third-order valence-electron chi connectivity index (χ3n) is 3.78. The number of nitrogens with zero attached hydrogens (tertiary/aromatic N) is 2. The van der Waals surface area contributed by atoms with E-state index in [0.29, 0.717) is 24.3 Å². The molecule has 7 heteroatoms. The molecule has 0 spiro atoms. The highest BCUT2D eigenvalue weighted by atomic mass is 16.7. The maximum atomic E-state index is 12.1. The summed E-state index contributed by atoms with van der Waals surface area (Å²) in [5.74, 6) is -0.543. The van der Waals surface area contributed by atoms with Gasteiger partial charge in [0.15, 0.2) is 0 Å². The van der Waals surface area contributed by atoms with E-state index in [4.69, 9.17) is 14.8 Å². The number of ether oxygens (including phenoxy) is 2. The molecular weight excluding hydrogens is 300 g/mol. The largest absolute Gasteiger partial charge is 0.469 e. The van der Waals surface area contributed by atoms with Crippen molar-refractivity contribution in [3.8, 4) is 11.8 Å². The number of benzene rings is 1. The van der Waals surface area contributed by atoms with E-state index in [1.165, 1.54) is 19.3 Å². The van der Waals surface area contributed by atoms with Crippen molar-refractivity contribution in [2.24, 2.45) is 5.92 Å². The van der Waals surface area contributed by atoms with Gasteiger partial charge in [-0.3, -0.25) is 9.59 Å². The van der Waals surface area contributed by atoms with Crippen LogP contribution in [-0.4, -0.2) is 43.8 Å². The molecule has 1 saturated heterocycles. The first-order chi connectivity index (χ1) is 11.1. The number of carbonyl (C=O) groups excluding carboxylic acids is 2. The van der Waals surface area contributed by atoms with Crippen molar-refractivity contribution in [3.05, 3.63) is 29.8 Å². The molecule has 2 atom stereocenters. The molecule has 0 saturated carbocycles. The maximum Gasteiger partial charge on any atom is 0.326 e. The highest BCUT2D eigenvalue weighted by Gasteiger charge is 2.43. The van der Waals surface area contributed by atoms with Gasteiger partial charge in [-0.2, -0.15) is 5.26 Å². The Hall–Kier alpha value is -2.59. The van der Waals surface area contributed by atoms with E-state index < -0.39 is 12.0 Å². The summed E-state index contributed by atoms with van der Waals surface area (Å²) in [7, 11) is 2.62. The van der Waals surface area contributed by atoms with Gasteiger partial charge in [-0.1, -0.05) is 0 Å².